The first-order valence-corrected chi connectivity index (χ1v) is 11.9. The first-order valence-electron chi connectivity index (χ1n) is 10.2. The number of nitrogens with one attached hydrogen (secondary N) is 2. The van der Waals surface area contributed by atoms with Crippen LogP contribution in [-0.4, -0.2) is 34.2 Å². The van der Waals surface area contributed by atoms with E-state index in [0.717, 1.165) is 38.5 Å². The average molecular weight is 467 g/mol. The Hall–Kier alpha value is -1.70. The topological polar surface area (TPSA) is 96.6 Å². The largest absolute Gasteiger partial charge is 0.400 e. The van der Waals surface area contributed by atoms with Crippen molar-refractivity contribution in [2.45, 2.75) is 62.3 Å². The van der Waals surface area contributed by atoms with E-state index in [1.54, 1.807) is 18.2 Å². The van der Waals surface area contributed by atoms with Crippen LogP contribution in [0.4, 0.5) is 5.69 Å². The molecule has 1 aliphatic heterocycles. The van der Waals surface area contributed by atoms with Gasteiger partial charge in [0.15, 0.2) is 0 Å². The monoisotopic (exact) mass is 466 g/mol. The molecule has 30 heavy (non-hydrogen) atoms. The van der Waals surface area contributed by atoms with Crippen LogP contribution in [0.2, 0.25) is 10.0 Å². The fourth-order valence-electron chi connectivity index (χ4n) is 3.66. The quantitative estimate of drug-likeness (QED) is 0.603. The van der Waals surface area contributed by atoms with Crippen molar-refractivity contribution in [2.24, 2.45) is 10.7 Å². The highest BCUT2D eigenvalue weighted by molar-refractivity contribution is 8.16. The summed E-state index contributed by atoms with van der Waals surface area (Å²) in [6, 6.07) is 5.20. The number of hydrogen-bond donors (Lipinski definition) is 3. The summed E-state index contributed by atoms with van der Waals surface area (Å²) in [5.41, 5.74) is 7.32. The molecule has 0 spiro atoms. The molecule has 0 aromatic heterocycles. The summed E-state index contributed by atoms with van der Waals surface area (Å²) in [7, 11) is 0. The van der Waals surface area contributed by atoms with Gasteiger partial charge in [-0.05, 0) is 43.9 Å². The average Bonchev–Trinajstić information content (AvgIpc) is 3.47. The maximum atomic E-state index is 13.0. The zero-order chi connectivity index (χ0) is 21.3. The minimum Gasteiger partial charge on any atom is -0.400 e. The Morgan fingerprint density at radius 3 is 2.53 bits per heavy atom. The summed E-state index contributed by atoms with van der Waals surface area (Å²) in [5, 5.41) is 6.41. The summed E-state index contributed by atoms with van der Waals surface area (Å²) in [6.07, 6.45) is 7.41. The molecule has 9 heteroatoms. The maximum absolute atomic E-state index is 13.0. The zero-order valence-electron chi connectivity index (χ0n) is 16.4. The molecule has 1 aromatic carbocycles. The van der Waals surface area contributed by atoms with Crippen LogP contribution in [0.25, 0.3) is 0 Å². The molecule has 2 aliphatic carbocycles. The Balaban J connectivity index is 1.58. The third kappa shape index (κ3) is 4.95. The first kappa shape index (κ1) is 21.5. The minimum absolute atomic E-state index is 0.168. The SMILES string of the molecule is NC1=C(C(=O)NC2CC2)C(=NC2CCCCC2)S[C@@H]1C(=O)Nc1cc(Cl)ccc1Cl. The van der Waals surface area contributed by atoms with Crippen molar-refractivity contribution >= 4 is 57.5 Å². The van der Waals surface area contributed by atoms with Gasteiger partial charge in [-0.25, -0.2) is 0 Å². The van der Waals surface area contributed by atoms with E-state index in [0.29, 0.717) is 26.3 Å². The lowest BCUT2D eigenvalue weighted by atomic mass is 9.96. The summed E-state index contributed by atoms with van der Waals surface area (Å²) >= 11 is 13.4. The lowest BCUT2D eigenvalue weighted by Crippen LogP contribution is -2.32. The third-order valence-electron chi connectivity index (χ3n) is 5.45. The summed E-state index contributed by atoms with van der Waals surface area (Å²) in [4.78, 5) is 30.7. The van der Waals surface area contributed by atoms with Crippen molar-refractivity contribution in [1.29, 1.82) is 0 Å². The highest BCUT2D eigenvalue weighted by Crippen LogP contribution is 2.36. The van der Waals surface area contributed by atoms with Crippen molar-refractivity contribution in [3.8, 4) is 0 Å². The van der Waals surface area contributed by atoms with Crippen molar-refractivity contribution < 1.29 is 9.59 Å². The van der Waals surface area contributed by atoms with E-state index in [4.69, 9.17) is 33.9 Å². The predicted octanol–water partition coefficient (Wildman–Crippen LogP) is 4.27. The molecule has 2 amide bonds. The van der Waals surface area contributed by atoms with E-state index in [2.05, 4.69) is 10.6 Å². The normalized spacial score (nSPS) is 23.7. The molecule has 0 bridgehead atoms. The molecular formula is C21H24Cl2N4O2S. The second kappa shape index (κ2) is 9.20. The lowest BCUT2D eigenvalue weighted by molar-refractivity contribution is -0.117. The second-order valence-electron chi connectivity index (χ2n) is 7.92. The highest BCUT2D eigenvalue weighted by atomic mass is 35.5. The maximum Gasteiger partial charge on any atom is 0.256 e. The van der Waals surface area contributed by atoms with Crippen LogP contribution in [0, 0.1) is 0 Å². The number of carbonyl (C=O) groups excluding carboxylic acids is 2. The molecule has 2 saturated carbocycles. The Bertz CT molecular complexity index is 924. The van der Waals surface area contributed by atoms with Crippen LogP contribution in [-0.2, 0) is 9.59 Å². The van der Waals surface area contributed by atoms with E-state index >= 15 is 0 Å². The Morgan fingerprint density at radius 2 is 1.83 bits per heavy atom. The van der Waals surface area contributed by atoms with E-state index in [1.807, 2.05) is 0 Å². The molecule has 4 rings (SSSR count). The molecule has 3 aliphatic rings. The smallest absolute Gasteiger partial charge is 0.256 e. The van der Waals surface area contributed by atoms with Gasteiger partial charge in [0.05, 0.1) is 22.3 Å². The fraction of sp³-hybridized carbons (Fsp3) is 0.476. The van der Waals surface area contributed by atoms with Gasteiger partial charge in [-0.1, -0.05) is 54.2 Å². The number of nitrogens with zero attached hydrogens (tertiary/aromatic N) is 1. The standard InChI is InChI=1S/C21H24Cl2N4O2S/c22-11-6-9-14(23)15(10-11)27-20(29)18-17(24)16(19(28)25-13-7-8-13)21(30-18)26-12-4-2-1-3-5-12/h6,9-10,12-13,18H,1-5,7-8,24H2,(H,25,28)(H,27,29)/t18-/m0/s1. The van der Waals surface area contributed by atoms with Crippen LogP contribution in [0.1, 0.15) is 44.9 Å². The van der Waals surface area contributed by atoms with Crippen molar-refractivity contribution in [1.82, 2.24) is 5.32 Å². The van der Waals surface area contributed by atoms with E-state index in [-0.39, 0.29) is 29.6 Å². The number of carbonyl (C=O) groups is 2. The van der Waals surface area contributed by atoms with Crippen LogP contribution in [0.3, 0.4) is 0 Å². The fourth-order valence-corrected chi connectivity index (χ4v) is 5.17. The summed E-state index contributed by atoms with van der Waals surface area (Å²) < 4.78 is 0. The molecule has 0 radical (unpaired) electrons. The number of benzene rings is 1. The molecule has 0 saturated heterocycles. The van der Waals surface area contributed by atoms with Gasteiger partial charge in [0, 0.05) is 16.8 Å². The van der Waals surface area contributed by atoms with Crippen LogP contribution >= 0.6 is 35.0 Å². The van der Waals surface area contributed by atoms with E-state index < -0.39 is 5.25 Å². The Kier molecular flexibility index (Phi) is 6.60. The van der Waals surface area contributed by atoms with Crippen LogP contribution < -0.4 is 16.4 Å². The van der Waals surface area contributed by atoms with Gasteiger partial charge in [-0.2, -0.15) is 0 Å². The van der Waals surface area contributed by atoms with Crippen molar-refractivity contribution in [3.05, 3.63) is 39.5 Å². The van der Waals surface area contributed by atoms with Gasteiger partial charge in [-0.3, -0.25) is 14.6 Å². The third-order valence-corrected chi connectivity index (χ3v) is 7.25. The van der Waals surface area contributed by atoms with E-state index in [9.17, 15) is 9.59 Å². The molecular weight excluding hydrogens is 443 g/mol. The molecule has 1 atom stereocenters. The Morgan fingerprint density at radius 1 is 1.10 bits per heavy atom. The molecule has 1 aromatic rings. The van der Waals surface area contributed by atoms with Crippen LogP contribution in [0.15, 0.2) is 34.5 Å². The van der Waals surface area contributed by atoms with Crippen LogP contribution in [0.5, 0.6) is 0 Å². The first-order chi connectivity index (χ1) is 14.4. The number of aliphatic imine (C=N–C) groups is 1. The minimum atomic E-state index is -0.748. The molecule has 0 unspecified atom stereocenters. The van der Waals surface area contributed by atoms with Crippen molar-refractivity contribution in [3.63, 3.8) is 0 Å². The lowest BCUT2D eigenvalue weighted by Gasteiger charge is -2.18. The number of hydrogen-bond acceptors (Lipinski definition) is 5. The number of rotatable bonds is 5. The highest BCUT2D eigenvalue weighted by Gasteiger charge is 2.40. The van der Waals surface area contributed by atoms with E-state index in [1.165, 1.54) is 18.2 Å². The number of anilines is 1. The van der Waals surface area contributed by atoms with Gasteiger partial charge in [0.2, 0.25) is 5.91 Å². The number of thioether (sulfide) groups is 1. The van der Waals surface area contributed by atoms with Gasteiger partial charge in [0.25, 0.3) is 5.91 Å². The summed E-state index contributed by atoms with van der Waals surface area (Å²) in [5.74, 6) is -0.597. The summed E-state index contributed by atoms with van der Waals surface area (Å²) in [6.45, 7) is 0. The van der Waals surface area contributed by atoms with Gasteiger partial charge in [-0.15, -0.1) is 0 Å². The molecule has 160 valence electrons. The zero-order valence-corrected chi connectivity index (χ0v) is 18.7. The Labute approximate surface area is 190 Å². The molecule has 6 nitrogen and oxygen atoms in total. The molecule has 4 N–H and O–H groups in total. The van der Waals surface area contributed by atoms with Gasteiger partial charge < -0.3 is 16.4 Å². The number of halogens is 2. The number of amides is 2. The molecule has 2 fully saturated rings. The predicted molar refractivity (Wildman–Crippen MR) is 123 cm³/mol. The molecule has 1 heterocycles. The van der Waals surface area contributed by atoms with Gasteiger partial charge in [0.1, 0.15) is 10.3 Å². The van der Waals surface area contributed by atoms with Crippen molar-refractivity contribution in [2.75, 3.05) is 5.32 Å². The second-order valence-corrected chi connectivity index (χ2v) is 9.85. The number of nitrogens with two attached hydrogens (primary N) is 1. The van der Waals surface area contributed by atoms with Gasteiger partial charge >= 0.3 is 0 Å².